The maximum atomic E-state index is 11.7. The summed E-state index contributed by atoms with van der Waals surface area (Å²) in [5.41, 5.74) is 0.560. The smallest absolute Gasteiger partial charge is 0.347 e. The Bertz CT molecular complexity index is 521. The molecule has 106 valence electrons. The number of nitrogens with zero attached hydrogens (tertiary/aromatic N) is 2. The number of ether oxygens (including phenoxy) is 2. The first-order valence-corrected chi connectivity index (χ1v) is 5.91. The summed E-state index contributed by atoms with van der Waals surface area (Å²) in [5, 5.41) is 0. The highest BCUT2D eigenvalue weighted by Crippen LogP contribution is 2.07. The van der Waals surface area contributed by atoms with Crippen LogP contribution in [0.3, 0.4) is 0 Å². The minimum absolute atomic E-state index is 0.280. The van der Waals surface area contributed by atoms with Crippen molar-refractivity contribution < 1.29 is 28.2 Å². The summed E-state index contributed by atoms with van der Waals surface area (Å²) in [4.78, 5) is 23.5. The first-order valence-electron chi connectivity index (χ1n) is 5.91. The van der Waals surface area contributed by atoms with Gasteiger partial charge in [-0.1, -0.05) is 6.07 Å². The van der Waals surface area contributed by atoms with Crippen LogP contribution in [0.15, 0.2) is 24.3 Å². The van der Waals surface area contributed by atoms with Crippen molar-refractivity contribution in [1.29, 1.82) is 0 Å². The molecule has 0 bridgehead atoms. The van der Waals surface area contributed by atoms with Crippen LogP contribution in [-0.4, -0.2) is 62.1 Å². The standard InChI is InChI=1S/C14H18N2O4/c1-15(2)9-19-13(17)11-6-5-7-12(8-11)14(18)20-10-16(3)4/h5-10H,1-4H3/q+2. The molecule has 0 aliphatic heterocycles. The third-order valence-corrected chi connectivity index (χ3v) is 2.08. The van der Waals surface area contributed by atoms with Crippen molar-refractivity contribution in [3.63, 3.8) is 0 Å². The van der Waals surface area contributed by atoms with Gasteiger partial charge in [0.1, 0.15) is 28.2 Å². The molecule has 1 aromatic rings. The predicted octanol–water partition coefficient (Wildman–Crippen LogP) is 0.601. The lowest BCUT2D eigenvalue weighted by molar-refractivity contribution is -0.466. The van der Waals surface area contributed by atoms with Gasteiger partial charge in [0.15, 0.2) is 0 Å². The fourth-order valence-corrected chi connectivity index (χ4v) is 1.22. The Morgan fingerprint density at radius 3 is 1.65 bits per heavy atom. The van der Waals surface area contributed by atoms with Gasteiger partial charge in [0.25, 0.3) is 0 Å². The minimum Gasteiger partial charge on any atom is -0.373 e. The van der Waals surface area contributed by atoms with Crippen molar-refractivity contribution in [3.8, 4) is 0 Å². The third kappa shape index (κ3) is 5.01. The maximum absolute atomic E-state index is 11.7. The van der Waals surface area contributed by atoms with Gasteiger partial charge in [0.2, 0.25) is 0 Å². The van der Waals surface area contributed by atoms with E-state index in [0.717, 1.165) is 0 Å². The Kier molecular flexibility index (Phi) is 5.58. The molecule has 6 nitrogen and oxygen atoms in total. The molecule has 0 aromatic heterocycles. The zero-order valence-corrected chi connectivity index (χ0v) is 12.0. The van der Waals surface area contributed by atoms with E-state index in [4.69, 9.17) is 9.47 Å². The lowest BCUT2D eigenvalue weighted by atomic mass is 10.1. The van der Waals surface area contributed by atoms with E-state index in [-0.39, 0.29) is 11.1 Å². The van der Waals surface area contributed by atoms with E-state index >= 15 is 0 Å². The number of hydrogen-bond donors (Lipinski definition) is 0. The van der Waals surface area contributed by atoms with Crippen molar-refractivity contribution in [2.45, 2.75) is 0 Å². The number of carbonyl (C=O) groups is 2. The van der Waals surface area contributed by atoms with Crippen LogP contribution < -0.4 is 0 Å². The van der Waals surface area contributed by atoms with Gasteiger partial charge in [-0.15, -0.1) is 0 Å². The van der Waals surface area contributed by atoms with Crippen molar-refractivity contribution in [3.05, 3.63) is 35.4 Å². The van der Waals surface area contributed by atoms with Crippen molar-refractivity contribution in [1.82, 2.24) is 0 Å². The van der Waals surface area contributed by atoms with E-state index in [2.05, 4.69) is 0 Å². The molecule has 0 atom stereocenters. The van der Waals surface area contributed by atoms with Crippen LogP contribution in [0, 0.1) is 0 Å². The maximum Gasteiger partial charge on any atom is 0.347 e. The molecule has 1 rings (SSSR count). The lowest BCUT2D eigenvalue weighted by Crippen LogP contribution is -2.12. The van der Waals surface area contributed by atoms with Gasteiger partial charge in [-0.3, -0.25) is 0 Å². The van der Waals surface area contributed by atoms with Crippen LogP contribution in [0.4, 0.5) is 0 Å². The summed E-state index contributed by atoms with van der Waals surface area (Å²) in [6.07, 6.45) is 2.57. The molecule has 0 unspecified atom stereocenters. The van der Waals surface area contributed by atoms with E-state index in [1.807, 2.05) is 0 Å². The Labute approximate surface area is 117 Å². The molecule has 0 heterocycles. The van der Waals surface area contributed by atoms with Crippen LogP contribution >= 0.6 is 0 Å². The van der Waals surface area contributed by atoms with Crippen molar-refractivity contribution in [2.24, 2.45) is 0 Å². The molecule has 20 heavy (non-hydrogen) atoms. The Morgan fingerprint density at radius 2 is 1.30 bits per heavy atom. The normalized spacial score (nSPS) is 9.40. The monoisotopic (exact) mass is 278 g/mol. The Morgan fingerprint density at radius 1 is 0.900 bits per heavy atom. The van der Waals surface area contributed by atoms with Crippen LogP contribution in [0.5, 0.6) is 0 Å². The molecular weight excluding hydrogens is 260 g/mol. The number of benzene rings is 1. The predicted molar refractivity (Wildman–Crippen MR) is 73.6 cm³/mol. The van der Waals surface area contributed by atoms with Gasteiger partial charge in [0, 0.05) is 0 Å². The Balaban J connectivity index is 2.85. The summed E-state index contributed by atoms with van der Waals surface area (Å²) >= 11 is 0. The average Bonchev–Trinajstić information content (AvgIpc) is 2.42. The van der Waals surface area contributed by atoms with E-state index in [0.29, 0.717) is 0 Å². The largest absolute Gasteiger partial charge is 0.373 e. The molecule has 0 saturated carbocycles. The SMILES string of the molecule is C[N+](C)=COC(=O)c1cccc(C(=O)OC=[N+](C)C)c1. The van der Waals surface area contributed by atoms with Crippen LogP contribution in [0.2, 0.25) is 0 Å². The highest BCUT2D eigenvalue weighted by atomic mass is 16.5. The van der Waals surface area contributed by atoms with Gasteiger partial charge >= 0.3 is 24.7 Å². The molecule has 0 amide bonds. The van der Waals surface area contributed by atoms with Gasteiger partial charge in [0.05, 0.1) is 11.1 Å². The second kappa shape index (κ2) is 7.18. The molecular formula is C14H18N2O4+2. The first-order chi connectivity index (χ1) is 9.40. The molecule has 0 saturated heterocycles. The summed E-state index contributed by atoms with van der Waals surface area (Å²) in [6, 6.07) is 6.16. The fraction of sp³-hybridized carbons (Fsp3) is 0.286. The average molecular weight is 278 g/mol. The second-order valence-electron chi connectivity index (χ2n) is 4.53. The second-order valence-corrected chi connectivity index (χ2v) is 4.53. The van der Waals surface area contributed by atoms with E-state index < -0.39 is 11.9 Å². The van der Waals surface area contributed by atoms with Crippen molar-refractivity contribution in [2.75, 3.05) is 28.2 Å². The van der Waals surface area contributed by atoms with Crippen LogP contribution in [0.25, 0.3) is 0 Å². The molecule has 0 fully saturated rings. The molecule has 0 aliphatic carbocycles. The van der Waals surface area contributed by atoms with Gasteiger partial charge in [-0.05, 0) is 18.2 Å². The zero-order chi connectivity index (χ0) is 15.1. The fourth-order valence-electron chi connectivity index (χ4n) is 1.22. The van der Waals surface area contributed by atoms with Crippen LogP contribution in [0.1, 0.15) is 20.7 Å². The zero-order valence-electron chi connectivity index (χ0n) is 12.0. The van der Waals surface area contributed by atoms with Gasteiger partial charge in [-0.2, -0.15) is 0 Å². The molecule has 0 radical (unpaired) electrons. The number of rotatable bonds is 4. The number of hydrogen-bond acceptors (Lipinski definition) is 4. The van der Waals surface area contributed by atoms with E-state index in [9.17, 15) is 9.59 Å². The summed E-state index contributed by atoms with van der Waals surface area (Å²) in [6.45, 7) is 0. The third-order valence-electron chi connectivity index (χ3n) is 2.08. The highest BCUT2D eigenvalue weighted by molar-refractivity contribution is 5.98. The molecule has 1 aromatic carbocycles. The van der Waals surface area contributed by atoms with Gasteiger partial charge in [-0.25, -0.2) is 18.7 Å². The number of carbonyl (C=O) groups excluding carboxylic acids is 2. The highest BCUT2D eigenvalue weighted by Gasteiger charge is 2.13. The number of esters is 2. The van der Waals surface area contributed by atoms with E-state index in [1.165, 1.54) is 18.9 Å². The van der Waals surface area contributed by atoms with Crippen LogP contribution in [-0.2, 0) is 9.47 Å². The van der Waals surface area contributed by atoms with Crippen molar-refractivity contribution >= 4 is 24.7 Å². The van der Waals surface area contributed by atoms with E-state index in [1.54, 1.807) is 55.5 Å². The topological polar surface area (TPSA) is 58.6 Å². The summed E-state index contributed by atoms with van der Waals surface area (Å²) in [5.74, 6) is -1.07. The first kappa shape index (κ1) is 15.6. The quantitative estimate of drug-likeness (QED) is 0.350. The van der Waals surface area contributed by atoms with Gasteiger partial charge < -0.3 is 9.47 Å². The summed E-state index contributed by atoms with van der Waals surface area (Å²) < 4.78 is 13.0. The molecule has 0 N–H and O–H groups in total. The Hall–Kier alpha value is -2.50. The molecule has 0 aliphatic rings. The summed E-state index contributed by atoms with van der Waals surface area (Å²) in [7, 11) is 6.94. The minimum atomic E-state index is -0.537. The molecule has 6 heteroatoms. The molecule has 0 spiro atoms. The lowest BCUT2D eigenvalue weighted by Gasteiger charge is -2.01.